The van der Waals surface area contributed by atoms with Crippen LogP contribution in [0.5, 0.6) is 11.5 Å². The number of halogens is 2. The van der Waals surface area contributed by atoms with Crippen LogP contribution in [0.1, 0.15) is 16.7 Å². The van der Waals surface area contributed by atoms with Crippen molar-refractivity contribution in [1.29, 1.82) is 0 Å². The van der Waals surface area contributed by atoms with E-state index >= 15 is 0 Å². The van der Waals surface area contributed by atoms with Gasteiger partial charge in [0, 0.05) is 4.47 Å². The molecule has 1 heterocycles. The smallest absolute Gasteiger partial charge is 0.293 e. The molecule has 1 aliphatic rings. The van der Waals surface area contributed by atoms with Crippen LogP contribution < -0.4 is 9.47 Å². The molecular weight excluding hydrogens is 526 g/mol. The lowest BCUT2D eigenvalue weighted by Crippen LogP contribution is -2.27. The molecule has 0 spiro atoms. The van der Waals surface area contributed by atoms with E-state index in [-0.39, 0.29) is 17.7 Å². The predicted octanol–water partition coefficient (Wildman–Crippen LogP) is 6.93. The van der Waals surface area contributed by atoms with E-state index in [0.29, 0.717) is 33.6 Å². The predicted molar refractivity (Wildman–Crippen MR) is 134 cm³/mol. The number of methoxy groups -OCH3 is 1. The second-order valence-corrected chi connectivity index (χ2v) is 9.52. The zero-order valence-electron chi connectivity index (χ0n) is 17.6. The number of benzene rings is 3. The van der Waals surface area contributed by atoms with Crippen LogP contribution in [-0.4, -0.2) is 23.2 Å². The zero-order valence-corrected chi connectivity index (χ0v) is 20.7. The van der Waals surface area contributed by atoms with Crippen LogP contribution in [0.25, 0.3) is 6.08 Å². The Morgan fingerprint density at radius 2 is 1.76 bits per heavy atom. The van der Waals surface area contributed by atoms with Crippen molar-refractivity contribution >= 4 is 56.5 Å². The number of hydrogen-bond donors (Lipinski definition) is 0. The van der Waals surface area contributed by atoms with Gasteiger partial charge >= 0.3 is 0 Å². The van der Waals surface area contributed by atoms with Crippen molar-refractivity contribution in [1.82, 2.24) is 4.90 Å². The summed E-state index contributed by atoms with van der Waals surface area (Å²) < 4.78 is 12.4. The molecule has 5 nitrogen and oxygen atoms in total. The van der Waals surface area contributed by atoms with Crippen molar-refractivity contribution in [3.8, 4) is 11.5 Å². The van der Waals surface area contributed by atoms with E-state index < -0.39 is 0 Å². The van der Waals surface area contributed by atoms with Crippen molar-refractivity contribution in [3.63, 3.8) is 0 Å². The molecule has 0 saturated carbocycles. The average molecular weight is 545 g/mol. The van der Waals surface area contributed by atoms with Gasteiger partial charge in [-0.3, -0.25) is 14.5 Å². The molecule has 0 radical (unpaired) electrons. The van der Waals surface area contributed by atoms with Gasteiger partial charge in [-0.15, -0.1) is 0 Å². The third-order valence-corrected chi connectivity index (χ3v) is 6.62. The number of ether oxygens (including phenoxy) is 2. The summed E-state index contributed by atoms with van der Waals surface area (Å²) in [6.45, 7) is 0.552. The fourth-order valence-corrected chi connectivity index (χ4v) is 4.63. The quantitative estimate of drug-likeness (QED) is 0.302. The van der Waals surface area contributed by atoms with Gasteiger partial charge in [0.05, 0.1) is 23.6 Å². The van der Waals surface area contributed by atoms with Gasteiger partial charge in [-0.1, -0.05) is 70.0 Å². The molecule has 1 aliphatic heterocycles. The van der Waals surface area contributed by atoms with Crippen LogP contribution in [0.4, 0.5) is 4.79 Å². The summed E-state index contributed by atoms with van der Waals surface area (Å²) in [6.07, 6.45) is 1.64. The highest BCUT2D eigenvalue weighted by Gasteiger charge is 2.35. The normalized spacial score (nSPS) is 14.8. The molecule has 0 aliphatic carbocycles. The van der Waals surface area contributed by atoms with Crippen LogP contribution in [0, 0.1) is 0 Å². The minimum atomic E-state index is -0.334. The first-order chi connectivity index (χ1) is 15.9. The fraction of sp³-hybridized carbons (Fsp3) is 0.120. The maximum atomic E-state index is 12.8. The topological polar surface area (TPSA) is 55.8 Å². The number of carbonyl (C=O) groups is 2. The molecule has 4 rings (SSSR count). The van der Waals surface area contributed by atoms with Gasteiger partial charge in [0.1, 0.15) is 6.61 Å². The lowest BCUT2D eigenvalue weighted by molar-refractivity contribution is -0.123. The Hall–Kier alpha value is -2.74. The number of amides is 2. The Morgan fingerprint density at radius 1 is 1.03 bits per heavy atom. The van der Waals surface area contributed by atoms with Gasteiger partial charge in [0.15, 0.2) is 11.5 Å². The highest BCUT2D eigenvalue weighted by molar-refractivity contribution is 9.10. The second kappa shape index (κ2) is 10.5. The summed E-state index contributed by atoms with van der Waals surface area (Å²) in [5, 5.41) is 0.0452. The number of nitrogens with zero attached hydrogens (tertiary/aromatic N) is 1. The lowest BCUT2D eigenvalue weighted by Gasteiger charge is -2.14. The Kier molecular flexibility index (Phi) is 7.42. The van der Waals surface area contributed by atoms with E-state index in [2.05, 4.69) is 15.9 Å². The van der Waals surface area contributed by atoms with Crippen LogP contribution in [0.15, 0.2) is 76.1 Å². The van der Waals surface area contributed by atoms with Crippen molar-refractivity contribution in [2.75, 3.05) is 7.11 Å². The monoisotopic (exact) mass is 543 g/mol. The van der Waals surface area contributed by atoms with E-state index in [0.717, 1.165) is 27.4 Å². The number of rotatable bonds is 7. The molecule has 0 bridgehead atoms. The van der Waals surface area contributed by atoms with Gasteiger partial charge in [-0.25, -0.2) is 0 Å². The molecule has 0 aromatic heterocycles. The summed E-state index contributed by atoms with van der Waals surface area (Å²) in [5.41, 5.74) is 2.50. The van der Waals surface area contributed by atoms with Crippen molar-refractivity contribution < 1.29 is 19.1 Å². The van der Waals surface area contributed by atoms with Gasteiger partial charge in [0.25, 0.3) is 11.1 Å². The van der Waals surface area contributed by atoms with Gasteiger partial charge in [-0.2, -0.15) is 0 Å². The Labute approximate surface area is 209 Å². The molecule has 8 heteroatoms. The molecular formula is C25H19BrClNO4S. The molecule has 0 atom stereocenters. The van der Waals surface area contributed by atoms with Gasteiger partial charge in [-0.05, 0) is 58.8 Å². The molecule has 3 aromatic carbocycles. The standard InChI is InChI=1S/C25H19BrClNO4S/c1-31-21-12-18(11-20(27)23(21)32-15-17-7-9-19(26)10-8-17)13-22-24(29)28(25(30)33-22)14-16-5-3-2-4-6-16/h2-13H,14-15H2,1H3/b22-13-. The van der Waals surface area contributed by atoms with E-state index in [1.54, 1.807) is 18.2 Å². The van der Waals surface area contributed by atoms with Crippen LogP contribution in [0.3, 0.4) is 0 Å². The van der Waals surface area contributed by atoms with Crippen LogP contribution in [-0.2, 0) is 17.9 Å². The van der Waals surface area contributed by atoms with Gasteiger partial charge in [0.2, 0.25) is 0 Å². The van der Waals surface area contributed by atoms with E-state index in [1.807, 2.05) is 54.6 Å². The molecule has 3 aromatic rings. The summed E-state index contributed by atoms with van der Waals surface area (Å²) in [6, 6.07) is 20.6. The highest BCUT2D eigenvalue weighted by Crippen LogP contribution is 2.39. The van der Waals surface area contributed by atoms with Gasteiger partial charge < -0.3 is 9.47 Å². The van der Waals surface area contributed by atoms with Crippen molar-refractivity contribution in [2.45, 2.75) is 13.2 Å². The maximum absolute atomic E-state index is 12.8. The Bertz CT molecular complexity index is 1220. The SMILES string of the molecule is COc1cc(/C=C2\SC(=O)N(Cc3ccccc3)C2=O)cc(Cl)c1OCc1ccc(Br)cc1. The summed E-state index contributed by atoms with van der Waals surface area (Å²) in [7, 11) is 1.52. The molecule has 0 unspecified atom stereocenters. The summed E-state index contributed by atoms with van der Waals surface area (Å²) in [5.74, 6) is 0.519. The summed E-state index contributed by atoms with van der Waals surface area (Å²) in [4.78, 5) is 26.8. The second-order valence-electron chi connectivity index (χ2n) is 7.20. The number of carbonyl (C=O) groups excluding carboxylic acids is 2. The maximum Gasteiger partial charge on any atom is 0.293 e. The Balaban J connectivity index is 1.53. The van der Waals surface area contributed by atoms with E-state index in [9.17, 15) is 9.59 Å². The molecule has 168 valence electrons. The molecule has 2 amide bonds. The van der Waals surface area contributed by atoms with E-state index in [4.69, 9.17) is 21.1 Å². The minimum Gasteiger partial charge on any atom is -0.493 e. The molecule has 0 N–H and O–H groups in total. The number of thioether (sulfide) groups is 1. The summed E-state index contributed by atoms with van der Waals surface area (Å²) >= 11 is 10.8. The number of hydrogen-bond acceptors (Lipinski definition) is 5. The highest BCUT2D eigenvalue weighted by atomic mass is 79.9. The average Bonchev–Trinajstić information content (AvgIpc) is 3.07. The zero-order chi connectivity index (χ0) is 23.4. The first-order valence-electron chi connectivity index (χ1n) is 9.98. The first kappa shape index (κ1) is 23.4. The lowest BCUT2D eigenvalue weighted by atomic mass is 10.1. The molecule has 1 fully saturated rings. The fourth-order valence-electron chi connectivity index (χ4n) is 3.25. The van der Waals surface area contributed by atoms with Crippen molar-refractivity contribution in [2.24, 2.45) is 0 Å². The van der Waals surface area contributed by atoms with Crippen LogP contribution in [0.2, 0.25) is 5.02 Å². The third-order valence-electron chi connectivity index (χ3n) is 4.90. The van der Waals surface area contributed by atoms with Crippen molar-refractivity contribution in [3.05, 3.63) is 97.8 Å². The Morgan fingerprint density at radius 3 is 2.45 bits per heavy atom. The van der Waals surface area contributed by atoms with E-state index in [1.165, 1.54) is 12.0 Å². The van der Waals surface area contributed by atoms with Crippen LogP contribution >= 0.6 is 39.3 Å². The first-order valence-corrected chi connectivity index (χ1v) is 12.0. The largest absolute Gasteiger partial charge is 0.493 e. The molecule has 1 saturated heterocycles. The number of imide groups is 1. The molecule has 33 heavy (non-hydrogen) atoms. The third kappa shape index (κ3) is 5.61. The minimum absolute atomic E-state index is 0.232.